The Balaban J connectivity index is 2.19. The molecule has 1 fully saturated rings. The third kappa shape index (κ3) is 1.88. The van der Waals surface area contributed by atoms with E-state index in [1.54, 1.807) is 11.1 Å². The van der Waals surface area contributed by atoms with Crippen molar-refractivity contribution in [2.45, 2.75) is 12.8 Å². The van der Waals surface area contributed by atoms with Gasteiger partial charge in [-0.25, -0.2) is 0 Å². The Kier molecular flexibility index (Phi) is 1.88. The molecule has 1 rings (SSSR count). The van der Waals surface area contributed by atoms with Crippen molar-refractivity contribution in [1.82, 2.24) is 4.90 Å². The van der Waals surface area contributed by atoms with Gasteiger partial charge in [0.2, 0.25) is 6.41 Å². The van der Waals surface area contributed by atoms with Crippen molar-refractivity contribution in [2.24, 2.45) is 5.92 Å². The zero-order valence-corrected chi connectivity index (χ0v) is 5.42. The van der Waals surface area contributed by atoms with Crippen molar-refractivity contribution < 1.29 is 4.79 Å². The van der Waals surface area contributed by atoms with Crippen molar-refractivity contribution in [3.05, 3.63) is 12.8 Å². The molecule has 0 aromatic heterocycles. The largest absolute Gasteiger partial charge is 0.322 e. The smallest absolute Gasteiger partial charge is 0.213 e. The lowest BCUT2D eigenvalue weighted by Crippen LogP contribution is -2.16. The van der Waals surface area contributed by atoms with Crippen LogP contribution in [0.25, 0.3) is 0 Å². The molecule has 0 spiro atoms. The van der Waals surface area contributed by atoms with E-state index >= 15 is 0 Å². The maximum Gasteiger partial charge on any atom is 0.213 e. The van der Waals surface area contributed by atoms with E-state index in [1.807, 2.05) is 0 Å². The molecule has 0 aliphatic heterocycles. The average molecular weight is 125 g/mol. The molecule has 1 amide bonds. The molecule has 0 atom stereocenters. The molecule has 0 bridgehead atoms. The fourth-order valence-corrected chi connectivity index (χ4v) is 0.759. The summed E-state index contributed by atoms with van der Waals surface area (Å²) < 4.78 is 0. The molecule has 9 heavy (non-hydrogen) atoms. The second-order valence-electron chi connectivity index (χ2n) is 2.43. The van der Waals surface area contributed by atoms with Crippen LogP contribution in [0.1, 0.15) is 12.8 Å². The predicted molar refractivity (Wildman–Crippen MR) is 35.7 cm³/mol. The minimum absolute atomic E-state index is 0.758. The molecule has 1 aliphatic carbocycles. The first-order valence-electron chi connectivity index (χ1n) is 3.20. The quantitative estimate of drug-likeness (QED) is 0.513. The van der Waals surface area contributed by atoms with Crippen LogP contribution >= 0.6 is 0 Å². The van der Waals surface area contributed by atoms with Gasteiger partial charge >= 0.3 is 0 Å². The van der Waals surface area contributed by atoms with E-state index in [2.05, 4.69) is 6.58 Å². The number of amides is 1. The predicted octanol–water partition coefficient (Wildman–Crippen LogP) is 0.998. The van der Waals surface area contributed by atoms with Crippen LogP contribution in [0, 0.1) is 5.92 Å². The van der Waals surface area contributed by atoms with Crippen LogP contribution in [-0.4, -0.2) is 17.9 Å². The number of carbonyl (C=O) groups excluding carboxylic acids is 1. The molecule has 0 radical (unpaired) electrons. The minimum atomic E-state index is 0.758. The summed E-state index contributed by atoms with van der Waals surface area (Å²) in [5, 5.41) is 0. The number of nitrogens with zero attached hydrogens (tertiary/aromatic N) is 1. The molecule has 0 saturated heterocycles. The second-order valence-corrected chi connectivity index (χ2v) is 2.43. The molecule has 0 aromatic rings. The van der Waals surface area contributed by atoms with E-state index in [0.29, 0.717) is 0 Å². The van der Waals surface area contributed by atoms with Crippen LogP contribution in [0.3, 0.4) is 0 Å². The van der Waals surface area contributed by atoms with Gasteiger partial charge in [-0.05, 0) is 25.0 Å². The summed E-state index contributed by atoms with van der Waals surface area (Å²) in [5.74, 6) is 0.758. The van der Waals surface area contributed by atoms with Crippen LogP contribution in [0.5, 0.6) is 0 Å². The standard InChI is InChI=1S/C7H11NO/c1-2-8(6-9)5-7-3-4-7/h2,6-7H,1,3-5H2. The van der Waals surface area contributed by atoms with Crippen molar-refractivity contribution in [3.63, 3.8) is 0 Å². The topological polar surface area (TPSA) is 20.3 Å². The molecule has 0 N–H and O–H groups in total. The first-order chi connectivity index (χ1) is 4.36. The fraction of sp³-hybridized carbons (Fsp3) is 0.571. The number of carbonyl (C=O) groups is 1. The SMILES string of the molecule is C=CN(C=O)CC1CC1. The molecular formula is C7H11NO. The van der Waals surface area contributed by atoms with Crippen molar-refractivity contribution >= 4 is 6.41 Å². The van der Waals surface area contributed by atoms with Crippen molar-refractivity contribution in [1.29, 1.82) is 0 Å². The van der Waals surface area contributed by atoms with Gasteiger partial charge in [0.25, 0.3) is 0 Å². The van der Waals surface area contributed by atoms with Gasteiger partial charge in [0.15, 0.2) is 0 Å². The van der Waals surface area contributed by atoms with E-state index in [0.717, 1.165) is 18.9 Å². The van der Waals surface area contributed by atoms with Gasteiger partial charge in [-0.2, -0.15) is 0 Å². The number of hydrogen-bond acceptors (Lipinski definition) is 1. The molecule has 0 aromatic carbocycles. The highest BCUT2D eigenvalue weighted by atomic mass is 16.1. The summed E-state index contributed by atoms with van der Waals surface area (Å²) in [4.78, 5) is 11.7. The van der Waals surface area contributed by atoms with Crippen LogP contribution in [0.2, 0.25) is 0 Å². The fourth-order valence-electron chi connectivity index (χ4n) is 0.759. The molecular weight excluding hydrogens is 114 g/mol. The lowest BCUT2D eigenvalue weighted by atomic mass is 10.4. The van der Waals surface area contributed by atoms with Crippen molar-refractivity contribution in [2.75, 3.05) is 6.54 Å². The molecule has 2 nitrogen and oxygen atoms in total. The molecule has 0 unspecified atom stereocenters. The van der Waals surface area contributed by atoms with Crippen LogP contribution in [-0.2, 0) is 4.79 Å². The summed E-state index contributed by atoms with van der Waals surface area (Å²) in [7, 11) is 0. The highest BCUT2D eigenvalue weighted by Gasteiger charge is 2.22. The van der Waals surface area contributed by atoms with Gasteiger partial charge in [-0.3, -0.25) is 4.79 Å². The maximum absolute atomic E-state index is 10.2. The van der Waals surface area contributed by atoms with E-state index in [-0.39, 0.29) is 0 Å². The van der Waals surface area contributed by atoms with E-state index in [1.165, 1.54) is 12.8 Å². The Morgan fingerprint density at radius 1 is 1.67 bits per heavy atom. The Hall–Kier alpha value is -0.790. The summed E-state index contributed by atoms with van der Waals surface area (Å²) in [6.07, 6.45) is 4.95. The second kappa shape index (κ2) is 2.67. The summed E-state index contributed by atoms with van der Waals surface area (Å²) in [6.45, 7) is 4.38. The van der Waals surface area contributed by atoms with Gasteiger partial charge in [0.05, 0.1) is 0 Å². The first kappa shape index (κ1) is 6.33. The number of rotatable bonds is 4. The van der Waals surface area contributed by atoms with Crippen LogP contribution in [0.15, 0.2) is 12.8 Å². The third-order valence-electron chi connectivity index (χ3n) is 1.54. The average Bonchev–Trinajstić information content (AvgIpc) is 2.66. The molecule has 2 heteroatoms. The highest BCUT2D eigenvalue weighted by molar-refractivity contribution is 5.48. The van der Waals surface area contributed by atoms with Crippen LogP contribution < -0.4 is 0 Å². The van der Waals surface area contributed by atoms with Gasteiger partial charge in [0.1, 0.15) is 0 Å². The third-order valence-corrected chi connectivity index (χ3v) is 1.54. The van der Waals surface area contributed by atoms with E-state index < -0.39 is 0 Å². The first-order valence-corrected chi connectivity index (χ1v) is 3.20. The number of hydrogen-bond donors (Lipinski definition) is 0. The van der Waals surface area contributed by atoms with Gasteiger partial charge in [0, 0.05) is 6.54 Å². The maximum atomic E-state index is 10.2. The van der Waals surface area contributed by atoms with Crippen LogP contribution in [0.4, 0.5) is 0 Å². The Morgan fingerprint density at radius 3 is 2.67 bits per heavy atom. The zero-order valence-electron chi connectivity index (χ0n) is 5.42. The summed E-state index contributed by atoms with van der Waals surface area (Å²) in [6, 6.07) is 0. The lowest BCUT2D eigenvalue weighted by Gasteiger charge is -2.08. The Morgan fingerprint density at radius 2 is 2.33 bits per heavy atom. The lowest BCUT2D eigenvalue weighted by molar-refractivity contribution is -0.116. The summed E-state index contributed by atoms with van der Waals surface area (Å²) >= 11 is 0. The monoisotopic (exact) mass is 125 g/mol. The Bertz CT molecular complexity index is 110. The van der Waals surface area contributed by atoms with E-state index in [9.17, 15) is 4.79 Å². The highest BCUT2D eigenvalue weighted by Crippen LogP contribution is 2.29. The van der Waals surface area contributed by atoms with Gasteiger partial charge in [-0.15, -0.1) is 0 Å². The molecule has 1 aliphatic rings. The van der Waals surface area contributed by atoms with Crippen molar-refractivity contribution in [3.8, 4) is 0 Å². The molecule has 1 saturated carbocycles. The molecule has 0 heterocycles. The zero-order chi connectivity index (χ0) is 6.69. The molecule has 50 valence electrons. The normalized spacial score (nSPS) is 16.9. The van der Waals surface area contributed by atoms with E-state index in [4.69, 9.17) is 0 Å². The van der Waals surface area contributed by atoms with Gasteiger partial charge in [-0.1, -0.05) is 6.58 Å². The minimum Gasteiger partial charge on any atom is -0.322 e. The Labute approximate surface area is 55.2 Å². The summed E-state index contributed by atoms with van der Waals surface area (Å²) in [5.41, 5.74) is 0. The van der Waals surface area contributed by atoms with Gasteiger partial charge < -0.3 is 4.90 Å².